The lowest BCUT2D eigenvalue weighted by Crippen LogP contribution is -2.48. The average Bonchev–Trinajstić information content (AvgIpc) is 2.75. The van der Waals surface area contributed by atoms with E-state index in [2.05, 4.69) is 46.4 Å². The summed E-state index contributed by atoms with van der Waals surface area (Å²) in [6, 6.07) is 14.4. The van der Waals surface area contributed by atoms with E-state index in [0.29, 0.717) is 6.54 Å². The van der Waals surface area contributed by atoms with E-state index in [0.717, 1.165) is 37.4 Å². The number of nitro benzene ring substituents is 1. The maximum absolute atomic E-state index is 12.7. The van der Waals surface area contributed by atoms with Gasteiger partial charge in [-0.3, -0.25) is 19.8 Å². The molecule has 2 aromatic rings. The van der Waals surface area contributed by atoms with Crippen molar-refractivity contribution in [1.82, 2.24) is 15.1 Å². The Bertz CT molecular complexity index is 877. The number of hydrogen-bond acceptors (Lipinski definition) is 6. The van der Waals surface area contributed by atoms with Crippen LogP contribution in [0.15, 0.2) is 48.5 Å². The quantitative estimate of drug-likeness (QED) is 0.557. The molecule has 0 aliphatic carbocycles. The number of para-hydroxylation sites is 1. The molecule has 0 radical (unpaired) electrons. The van der Waals surface area contributed by atoms with Crippen LogP contribution >= 0.6 is 0 Å². The predicted octanol–water partition coefficient (Wildman–Crippen LogP) is 2.38. The minimum Gasteiger partial charge on any atom is -0.378 e. The molecule has 1 amide bonds. The molecule has 1 saturated heterocycles. The number of likely N-dealkylation sites (N-methyl/N-ethyl adjacent to an activating group) is 1. The van der Waals surface area contributed by atoms with Crippen molar-refractivity contribution in [3.63, 3.8) is 0 Å². The van der Waals surface area contributed by atoms with Gasteiger partial charge in [0.1, 0.15) is 5.56 Å². The largest absolute Gasteiger partial charge is 0.378 e. The number of benzene rings is 2. The number of nitrogens with zero attached hydrogens (tertiary/aromatic N) is 4. The first kappa shape index (κ1) is 21.7. The first-order valence-corrected chi connectivity index (χ1v) is 10.1. The van der Waals surface area contributed by atoms with Crippen LogP contribution in [0.5, 0.6) is 0 Å². The molecule has 1 heterocycles. The number of carbonyl (C=O) groups is 1. The fraction of sp³-hybridized carbons (Fsp3) is 0.409. The number of hydrogen-bond donors (Lipinski definition) is 1. The summed E-state index contributed by atoms with van der Waals surface area (Å²) in [5, 5.41) is 14.2. The third kappa shape index (κ3) is 5.14. The Hall–Kier alpha value is -2.97. The molecule has 2 aromatic carbocycles. The van der Waals surface area contributed by atoms with Gasteiger partial charge in [-0.15, -0.1) is 0 Å². The highest BCUT2D eigenvalue weighted by Gasteiger charge is 2.26. The van der Waals surface area contributed by atoms with E-state index in [1.54, 1.807) is 12.1 Å². The number of nitro groups is 1. The number of rotatable bonds is 7. The smallest absolute Gasteiger partial charge is 0.282 e. The summed E-state index contributed by atoms with van der Waals surface area (Å²) in [6.07, 6.45) is 0. The second kappa shape index (κ2) is 9.69. The van der Waals surface area contributed by atoms with Gasteiger partial charge < -0.3 is 15.1 Å². The summed E-state index contributed by atoms with van der Waals surface area (Å²) >= 11 is 0. The molecule has 1 unspecified atom stereocenters. The molecule has 3 rings (SSSR count). The second-order valence-electron chi connectivity index (χ2n) is 7.83. The van der Waals surface area contributed by atoms with E-state index in [1.165, 1.54) is 12.1 Å². The Kier molecular flexibility index (Phi) is 7.02. The zero-order chi connectivity index (χ0) is 21.7. The Balaban J connectivity index is 1.79. The Morgan fingerprint density at radius 3 is 2.33 bits per heavy atom. The van der Waals surface area contributed by atoms with Crippen LogP contribution < -0.4 is 10.2 Å². The number of piperazine rings is 1. The Morgan fingerprint density at radius 1 is 1.10 bits per heavy atom. The van der Waals surface area contributed by atoms with Crippen molar-refractivity contribution in [3.05, 3.63) is 69.8 Å². The van der Waals surface area contributed by atoms with E-state index < -0.39 is 10.8 Å². The molecule has 0 aromatic heterocycles. The predicted molar refractivity (Wildman–Crippen MR) is 118 cm³/mol. The van der Waals surface area contributed by atoms with Gasteiger partial charge in [-0.1, -0.05) is 24.3 Å². The Morgan fingerprint density at radius 2 is 1.73 bits per heavy atom. The lowest BCUT2D eigenvalue weighted by Gasteiger charge is -2.38. The van der Waals surface area contributed by atoms with E-state index in [9.17, 15) is 14.9 Å². The molecule has 0 saturated carbocycles. The zero-order valence-corrected chi connectivity index (χ0v) is 17.7. The summed E-state index contributed by atoms with van der Waals surface area (Å²) in [7, 11) is 6.11. The topological polar surface area (TPSA) is 82.0 Å². The molecule has 30 heavy (non-hydrogen) atoms. The van der Waals surface area contributed by atoms with Gasteiger partial charge in [-0.2, -0.15) is 0 Å². The van der Waals surface area contributed by atoms with Crippen molar-refractivity contribution in [1.29, 1.82) is 0 Å². The van der Waals surface area contributed by atoms with Crippen LogP contribution in [-0.4, -0.2) is 74.5 Å². The molecule has 1 atom stereocenters. The van der Waals surface area contributed by atoms with Gasteiger partial charge in [0.2, 0.25) is 0 Å². The molecule has 1 N–H and O–H groups in total. The average molecular weight is 412 g/mol. The maximum atomic E-state index is 12.7. The minimum absolute atomic E-state index is 0.00151. The molecule has 1 aliphatic heterocycles. The van der Waals surface area contributed by atoms with Gasteiger partial charge in [0, 0.05) is 58.6 Å². The fourth-order valence-electron chi connectivity index (χ4n) is 3.70. The summed E-state index contributed by atoms with van der Waals surface area (Å²) in [4.78, 5) is 30.2. The summed E-state index contributed by atoms with van der Waals surface area (Å²) in [5.41, 5.74) is 2.14. The monoisotopic (exact) mass is 411 g/mol. The van der Waals surface area contributed by atoms with Crippen molar-refractivity contribution in [2.45, 2.75) is 6.04 Å². The highest BCUT2D eigenvalue weighted by atomic mass is 16.6. The van der Waals surface area contributed by atoms with Crippen LogP contribution in [0.2, 0.25) is 0 Å². The van der Waals surface area contributed by atoms with Gasteiger partial charge in [0.25, 0.3) is 11.6 Å². The lowest BCUT2D eigenvalue weighted by molar-refractivity contribution is -0.385. The highest BCUT2D eigenvalue weighted by Crippen LogP contribution is 2.25. The van der Waals surface area contributed by atoms with E-state index in [-0.39, 0.29) is 17.3 Å². The second-order valence-corrected chi connectivity index (χ2v) is 7.83. The van der Waals surface area contributed by atoms with Crippen molar-refractivity contribution < 1.29 is 9.72 Å². The molecule has 8 heteroatoms. The van der Waals surface area contributed by atoms with Crippen molar-refractivity contribution in [2.24, 2.45) is 0 Å². The first-order chi connectivity index (χ1) is 14.4. The van der Waals surface area contributed by atoms with Crippen LogP contribution in [0.4, 0.5) is 11.4 Å². The van der Waals surface area contributed by atoms with Crippen LogP contribution in [0, 0.1) is 10.1 Å². The highest BCUT2D eigenvalue weighted by molar-refractivity contribution is 5.98. The van der Waals surface area contributed by atoms with Crippen molar-refractivity contribution in [3.8, 4) is 0 Å². The van der Waals surface area contributed by atoms with E-state index in [1.807, 2.05) is 19.0 Å². The van der Waals surface area contributed by atoms with E-state index >= 15 is 0 Å². The number of nitrogens with one attached hydrogen (secondary N) is 1. The fourth-order valence-corrected chi connectivity index (χ4v) is 3.70. The van der Waals surface area contributed by atoms with Crippen LogP contribution in [0.25, 0.3) is 0 Å². The number of amides is 1. The third-order valence-electron chi connectivity index (χ3n) is 5.57. The van der Waals surface area contributed by atoms with Crippen LogP contribution in [0.1, 0.15) is 22.0 Å². The first-order valence-electron chi connectivity index (χ1n) is 10.1. The maximum Gasteiger partial charge on any atom is 0.282 e. The molecule has 160 valence electrons. The van der Waals surface area contributed by atoms with Crippen molar-refractivity contribution >= 4 is 17.3 Å². The molecule has 1 aliphatic rings. The van der Waals surface area contributed by atoms with Crippen LogP contribution in [0.3, 0.4) is 0 Å². The lowest BCUT2D eigenvalue weighted by atomic mass is 10.0. The van der Waals surface area contributed by atoms with Gasteiger partial charge >= 0.3 is 0 Å². The van der Waals surface area contributed by atoms with Crippen molar-refractivity contribution in [2.75, 3.05) is 58.8 Å². The van der Waals surface area contributed by atoms with Gasteiger partial charge in [-0.25, -0.2) is 0 Å². The number of anilines is 1. The molecule has 1 fully saturated rings. The van der Waals surface area contributed by atoms with Crippen LogP contribution in [-0.2, 0) is 0 Å². The zero-order valence-electron chi connectivity index (χ0n) is 17.7. The molecular weight excluding hydrogens is 382 g/mol. The normalized spacial score (nSPS) is 16.1. The molecular formula is C22H29N5O3. The minimum atomic E-state index is -0.521. The molecule has 0 bridgehead atoms. The molecule has 0 spiro atoms. The SMILES string of the molecule is CN1CCN(C(CNC(=O)c2ccccc2[N+](=O)[O-])c2ccc(N(C)C)cc2)CC1. The molecule has 8 nitrogen and oxygen atoms in total. The standard InChI is InChI=1S/C22H29N5O3/c1-24(2)18-10-8-17(9-11-18)21(26-14-12-25(3)13-15-26)16-23-22(28)19-6-4-5-7-20(19)27(29)30/h4-11,21H,12-16H2,1-3H3,(H,23,28). The number of carbonyl (C=O) groups excluding carboxylic acids is 1. The summed E-state index contributed by atoms with van der Waals surface area (Å²) < 4.78 is 0. The summed E-state index contributed by atoms with van der Waals surface area (Å²) in [5.74, 6) is -0.425. The third-order valence-corrected chi connectivity index (χ3v) is 5.57. The van der Waals surface area contributed by atoms with E-state index in [4.69, 9.17) is 0 Å². The van der Waals surface area contributed by atoms with Gasteiger partial charge in [0.05, 0.1) is 11.0 Å². The Labute approximate surface area is 177 Å². The van der Waals surface area contributed by atoms with Gasteiger partial charge in [-0.05, 0) is 30.8 Å². The summed E-state index contributed by atoms with van der Waals surface area (Å²) in [6.45, 7) is 4.11. The van der Waals surface area contributed by atoms with Gasteiger partial charge in [0.15, 0.2) is 0 Å².